The van der Waals surface area contributed by atoms with Crippen molar-refractivity contribution >= 4 is 0 Å². The Morgan fingerprint density at radius 3 is 2.90 bits per heavy atom. The van der Waals surface area contributed by atoms with Crippen molar-refractivity contribution in [2.24, 2.45) is 0 Å². The van der Waals surface area contributed by atoms with E-state index >= 15 is 0 Å². The van der Waals surface area contributed by atoms with E-state index in [-0.39, 0.29) is 6.10 Å². The van der Waals surface area contributed by atoms with Crippen molar-refractivity contribution in [2.75, 3.05) is 33.3 Å². The fourth-order valence-electron chi connectivity index (χ4n) is 2.91. The molecule has 2 unspecified atom stereocenters. The molecule has 20 heavy (non-hydrogen) atoms. The molecule has 2 atom stereocenters. The van der Waals surface area contributed by atoms with E-state index in [9.17, 15) is 0 Å². The lowest BCUT2D eigenvalue weighted by Crippen LogP contribution is -2.52. The molecule has 3 nitrogen and oxygen atoms in total. The molecule has 1 N–H and O–H groups in total. The SMILES string of the molecule is CCNC(Cc1cc(C)ccc1C)C1CN(C)CCO1. The molecule has 1 saturated heterocycles. The molecule has 3 heteroatoms. The summed E-state index contributed by atoms with van der Waals surface area (Å²) in [6.07, 6.45) is 1.33. The van der Waals surface area contributed by atoms with Crippen LogP contribution in [-0.2, 0) is 11.2 Å². The van der Waals surface area contributed by atoms with Crippen molar-refractivity contribution in [2.45, 2.75) is 39.3 Å². The monoisotopic (exact) mass is 276 g/mol. The number of morpholine rings is 1. The Hall–Kier alpha value is -0.900. The minimum Gasteiger partial charge on any atom is -0.374 e. The Morgan fingerprint density at radius 1 is 1.40 bits per heavy atom. The van der Waals surface area contributed by atoms with Gasteiger partial charge in [0.15, 0.2) is 0 Å². The van der Waals surface area contributed by atoms with Gasteiger partial charge in [0, 0.05) is 19.1 Å². The number of rotatable bonds is 5. The summed E-state index contributed by atoms with van der Waals surface area (Å²) < 4.78 is 6.00. The Kier molecular flexibility index (Phi) is 5.58. The van der Waals surface area contributed by atoms with Gasteiger partial charge in [-0.15, -0.1) is 0 Å². The molecule has 1 aliphatic rings. The Balaban J connectivity index is 2.10. The van der Waals surface area contributed by atoms with Crippen molar-refractivity contribution in [1.29, 1.82) is 0 Å². The third-order valence-electron chi connectivity index (χ3n) is 4.16. The Labute approximate surface area is 123 Å². The van der Waals surface area contributed by atoms with Gasteiger partial charge in [0.2, 0.25) is 0 Å². The number of nitrogens with one attached hydrogen (secondary N) is 1. The van der Waals surface area contributed by atoms with Gasteiger partial charge in [-0.05, 0) is 45.0 Å². The maximum absolute atomic E-state index is 6.00. The second kappa shape index (κ2) is 7.21. The summed E-state index contributed by atoms with van der Waals surface area (Å²) in [5, 5.41) is 3.62. The summed E-state index contributed by atoms with van der Waals surface area (Å²) in [6.45, 7) is 10.4. The summed E-state index contributed by atoms with van der Waals surface area (Å²) in [7, 11) is 2.18. The Morgan fingerprint density at radius 2 is 2.20 bits per heavy atom. The second-order valence-electron chi connectivity index (χ2n) is 5.97. The summed E-state index contributed by atoms with van der Waals surface area (Å²) in [6, 6.07) is 7.11. The number of nitrogens with zero attached hydrogens (tertiary/aromatic N) is 1. The molecule has 0 amide bonds. The number of ether oxygens (including phenoxy) is 1. The molecule has 0 aliphatic carbocycles. The second-order valence-corrected chi connectivity index (χ2v) is 5.97. The van der Waals surface area contributed by atoms with E-state index in [0.717, 1.165) is 32.7 Å². The molecule has 1 aromatic carbocycles. The average molecular weight is 276 g/mol. The van der Waals surface area contributed by atoms with Gasteiger partial charge in [-0.3, -0.25) is 0 Å². The Bertz CT molecular complexity index is 433. The van der Waals surface area contributed by atoms with Crippen LogP contribution in [0.5, 0.6) is 0 Å². The van der Waals surface area contributed by atoms with Gasteiger partial charge in [-0.25, -0.2) is 0 Å². The van der Waals surface area contributed by atoms with Crippen molar-refractivity contribution in [3.8, 4) is 0 Å². The lowest BCUT2D eigenvalue weighted by Gasteiger charge is -2.36. The largest absolute Gasteiger partial charge is 0.374 e. The zero-order valence-electron chi connectivity index (χ0n) is 13.3. The van der Waals surface area contributed by atoms with Crippen molar-refractivity contribution in [3.05, 3.63) is 34.9 Å². The van der Waals surface area contributed by atoms with E-state index in [2.05, 4.69) is 56.2 Å². The quantitative estimate of drug-likeness (QED) is 0.892. The molecule has 0 saturated carbocycles. The van der Waals surface area contributed by atoms with Crippen LogP contribution in [0.3, 0.4) is 0 Å². The van der Waals surface area contributed by atoms with Gasteiger partial charge in [0.05, 0.1) is 12.7 Å². The van der Waals surface area contributed by atoms with Crippen LogP contribution in [0.15, 0.2) is 18.2 Å². The van der Waals surface area contributed by atoms with Crippen LogP contribution >= 0.6 is 0 Å². The van der Waals surface area contributed by atoms with Crippen molar-refractivity contribution in [3.63, 3.8) is 0 Å². The third kappa shape index (κ3) is 4.05. The summed E-state index contributed by atoms with van der Waals surface area (Å²) in [5.41, 5.74) is 4.15. The van der Waals surface area contributed by atoms with Gasteiger partial charge >= 0.3 is 0 Å². The zero-order chi connectivity index (χ0) is 14.5. The number of benzene rings is 1. The van der Waals surface area contributed by atoms with Crippen LogP contribution in [0.25, 0.3) is 0 Å². The van der Waals surface area contributed by atoms with Gasteiger partial charge in [0.25, 0.3) is 0 Å². The molecular weight excluding hydrogens is 248 g/mol. The van der Waals surface area contributed by atoms with Crippen molar-refractivity contribution in [1.82, 2.24) is 10.2 Å². The molecule has 112 valence electrons. The molecule has 0 radical (unpaired) electrons. The van der Waals surface area contributed by atoms with Crippen molar-refractivity contribution < 1.29 is 4.74 Å². The van der Waals surface area contributed by atoms with E-state index in [4.69, 9.17) is 4.74 Å². The molecule has 0 spiro atoms. The standard InChI is InChI=1S/C17H28N2O/c1-5-18-16(17-12-19(4)8-9-20-17)11-15-10-13(2)6-7-14(15)3/h6-7,10,16-18H,5,8-9,11-12H2,1-4H3. The van der Waals surface area contributed by atoms with Gasteiger partial charge < -0.3 is 15.0 Å². The number of aryl methyl sites for hydroxylation is 2. The van der Waals surface area contributed by atoms with Crippen LogP contribution < -0.4 is 5.32 Å². The molecule has 1 aromatic rings. The van der Waals surface area contributed by atoms with Crippen LogP contribution in [-0.4, -0.2) is 50.3 Å². The highest BCUT2D eigenvalue weighted by Crippen LogP contribution is 2.17. The average Bonchev–Trinajstić information content (AvgIpc) is 2.42. The lowest BCUT2D eigenvalue weighted by atomic mass is 9.95. The van der Waals surface area contributed by atoms with Gasteiger partial charge in [-0.1, -0.05) is 30.7 Å². The molecular formula is C17H28N2O. The van der Waals surface area contributed by atoms with E-state index in [0.29, 0.717) is 6.04 Å². The maximum Gasteiger partial charge on any atom is 0.0858 e. The summed E-state index contributed by atoms with van der Waals surface area (Å²) in [4.78, 5) is 2.36. The third-order valence-corrected chi connectivity index (χ3v) is 4.16. The fraction of sp³-hybridized carbons (Fsp3) is 0.647. The first-order valence-electron chi connectivity index (χ1n) is 7.69. The molecule has 0 bridgehead atoms. The highest BCUT2D eigenvalue weighted by Gasteiger charge is 2.26. The van der Waals surface area contributed by atoms with Gasteiger partial charge in [-0.2, -0.15) is 0 Å². The van der Waals surface area contributed by atoms with E-state index < -0.39 is 0 Å². The van der Waals surface area contributed by atoms with E-state index in [1.165, 1.54) is 16.7 Å². The molecule has 2 rings (SSSR count). The first-order valence-corrected chi connectivity index (χ1v) is 7.69. The first kappa shape index (κ1) is 15.5. The first-order chi connectivity index (χ1) is 9.60. The minimum atomic E-state index is 0.286. The van der Waals surface area contributed by atoms with Crippen LogP contribution in [0, 0.1) is 13.8 Å². The minimum absolute atomic E-state index is 0.286. The topological polar surface area (TPSA) is 24.5 Å². The van der Waals surface area contributed by atoms with Crippen LogP contribution in [0.1, 0.15) is 23.6 Å². The van der Waals surface area contributed by atoms with Gasteiger partial charge in [0.1, 0.15) is 0 Å². The zero-order valence-corrected chi connectivity index (χ0v) is 13.3. The normalized spacial score (nSPS) is 21.9. The predicted molar refractivity (Wildman–Crippen MR) is 84.3 cm³/mol. The smallest absolute Gasteiger partial charge is 0.0858 e. The molecule has 1 fully saturated rings. The van der Waals surface area contributed by atoms with E-state index in [1.807, 2.05) is 0 Å². The fourth-order valence-corrected chi connectivity index (χ4v) is 2.91. The number of hydrogen-bond donors (Lipinski definition) is 1. The summed E-state index contributed by atoms with van der Waals surface area (Å²) in [5.74, 6) is 0. The van der Waals surface area contributed by atoms with Crippen LogP contribution in [0.2, 0.25) is 0 Å². The maximum atomic E-state index is 6.00. The van der Waals surface area contributed by atoms with Crippen LogP contribution in [0.4, 0.5) is 0 Å². The lowest BCUT2D eigenvalue weighted by molar-refractivity contribution is -0.0381. The highest BCUT2D eigenvalue weighted by molar-refractivity contribution is 5.31. The molecule has 0 aromatic heterocycles. The summed E-state index contributed by atoms with van der Waals surface area (Å²) >= 11 is 0. The van der Waals surface area contributed by atoms with E-state index in [1.54, 1.807) is 0 Å². The predicted octanol–water partition coefficient (Wildman–Crippen LogP) is 2.15. The molecule has 1 aliphatic heterocycles. The number of hydrogen-bond acceptors (Lipinski definition) is 3. The highest BCUT2D eigenvalue weighted by atomic mass is 16.5. The number of likely N-dealkylation sites (N-methyl/N-ethyl adjacent to an activating group) is 2. The molecule has 1 heterocycles.